The molecule has 0 N–H and O–H groups in total. The Hall–Kier alpha value is -2.59. The normalized spacial score (nSPS) is 15.1. The van der Waals surface area contributed by atoms with Gasteiger partial charge in [0.25, 0.3) is 0 Å². The standard InChI is InChI=1S/C23H26N2O2/c1-3-11-21(26-18-8-7-17-25-15-5-6-16-25)19(9-1)13-14-23-24-20-10-2-4-12-22(20)27-23/h1-4,9-14H,5-8,15-18H2. The predicted molar refractivity (Wildman–Crippen MR) is 110 cm³/mol. The van der Waals surface area contributed by atoms with E-state index in [0.29, 0.717) is 5.89 Å². The molecule has 4 heteroatoms. The maximum Gasteiger partial charge on any atom is 0.220 e. The minimum atomic E-state index is 0.608. The molecule has 0 radical (unpaired) electrons. The number of unbranched alkanes of at least 4 members (excludes halogenated alkanes) is 1. The van der Waals surface area contributed by atoms with Gasteiger partial charge in [-0.1, -0.05) is 30.3 Å². The number of benzene rings is 2. The molecule has 1 aliphatic rings. The van der Waals surface area contributed by atoms with Gasteiger partial charge in [-0.2, -0.15) is 0 Å². The fourth-order valence-electron chi connectivity index (χ4n) is 3.50. The fraction of sp³-hybridized carbons (Fsp3) is 0.348. The molecule has 2 heterocycles. The van der Waals surface area contributed by atoms with Crippen molar-refractivity contribution in [3.05, 3.63) is 60.0 Å². The first-order chi connectivity index (χ1) is 13.4. The van der Waals surface area contributed by atoms with Gasteiger partial charge in [-0.3, -0.25) is 0 Å². The molecular formula is C23H26N2O2. The summed E-state index contributed by atoms with van der Waals surface area (Å²) in [5.41, 5.74) is 2.72. The van der Waals surface area contributed by atoms with Gasteiger partial charge in [-0.05, 0) is 69.6 Å². The van der Waals surface area contributed by atoms with Gasteiger partial charge < -0.3 is 14.1 Å². The van der Waals surface area contributed by atoms with Crippen LogP contribution in [0, 0.1) is 0 Å². The lowest BCUT2D eigenvalue weighted by atomic mass is 10.2. The number of ether oxygens (including phenoxy) is 1. The molecule has 0 saturated carbocycles. The van der Waals surface area contributed by atoms with E-state index < -0.39 is 0 Å². The van der Waals surface area contributed by atoms with E-state index in [1.54, 1.807) is 0 Å². The highest BCUT2D eigenvalue weighted by Gasteiger charge is 2.10. The topological polar surface area (TPSA) is 38.5 Å². The smallest absolute Gasteiger partial charge is 0.220 e. The first-order valence-corrected chi connectivity index (χ1v) is 9.86. The third kappa shape index (κ3) is 4.77. The number of likely N-dealkylation sites (tertiary alicyclic amines) is 1. The summed E-state index contributed by atoms with van der Waals surface area (Å²) in [5, 5.41) is 0. The van der Waals surface area contributed by atoms with E-state index in [1.165, 1.54) is 38.9 Å². The summed E-state index contributed by atoms with van der Waals surface area (Å²) in [6, 6.07) is 15.9. The largest absolute Gasteiger partial charge is 0.493 e. The highest BCUT2D eigenvalue weighted by molar-refractivity contribution is 5.76. The highest BCUT2D eigenvalue weighted by atomic mass is 16.5. The number of oxazole rings is 1. The van der Waals surface area contributed by atoms with Gasteiger partial charge in [-0.15, -0.1) is 0 Å². The quantitative estimate of drug-likeness (QED) is 0.513. The zero-order valence-electron chi connectivity index (χ0n) is 15.6. The Morgan fingerprint density at radius 1 is 0.963 bits per heavy atom. The van der Waals surface area contributed by atoms with E-state index >= 15 is 0 Å². The minimum absolute atomic E-state index is 0.608. The molecule has 3 aromatic rings. The van der Waals surface area contributed by atoms with E-state index in [4.69, 9.17) is 9.15 Å². The van der Waals surface area contributed by atoms with E-state index in [2.05, 4.69) is 16.0 Å². The maximum atomic E-state index is 6.03. The van der Waals surface area contributed by atoms with Crippen molar-refractivity contribution in [2.75, 3.05) is 26.2 Å². The van der Waals surface area contributed by atoms with Gasteiger partial charge in [-0.25, -0.2) is 4.98 Å². The number of hydrogen-bond acceptors (Lipinski definition) is 4. The van der Waals surface area contributed by atoms with Crippen LogP contribution in [0.5, 0.6) is 5.75 Å². The second-order valence-corrected chi connectivity index (χ2v) is 7.00. The van der Waals surface area contributed by atoms with Gasteiger partial charge in [0.05, 0.1) is 6.61 Å². The van der Waals surface area contributed by atoms with Crippen molar-refractivity contribution in [1.82, 2.24) is 9.88 Å². The van der Waals surface area contributed by atoms with Crippen molar-refractivity contribution in [3.8, 4) is 5.75 Å². The van der Waals surface area contributed by atoms with Crippen LogP contribution in [0.2, 0.25) is 0 Å². The maximum absolute atomic E-state index is 6.03. The molecule has 0 aliphatic carbocycles. The molecule has 1 saturated heterocycles. The molecule has 0 unspecified atom stereocenters. The van der Waals surface area contributed by atoms with Crippen molar-refractivity contribution in [3.63, 3.8) is 0 Å². The van der Waals surface area contributed by atoms with Gasteiger partial charge in [0.15, 0.2) is 5.58 Å². The van der Waals surface area contributed by atoms with Crippen LogP contribution in [0.25, 0.3) is 23.3 Å². The molecule has 1 fully saturated rings. The molecule has 4 nitrogen and oxygen atoms in total. The fourth-order valence-corrected chi connectivity index (χ4v) is 3.50. The van der Waals surface area contributed by atoms with Crippen LogP contribution in [0.3, 0.4) is 0 Å². The van der Waals surface area contributed by atoms with Gasteiger partial charge in [0, 0.05) is 11.6 Å². The Bertz CT molecular complexity index is 861. The van der Waals surface area contributed by atoms with E-state index in [-0.39, 0.29) is 0 Å². The van der Waals surface area contributed by atoms with Gasteiger partial charge in [0.1, 0.15) is 11.3 Å². The van der Waals surface area contributed by atoms with E-state index in [1.807, 2.05) is 54.6 Å². The summed E-state index contributed by atoms with van der Waals surface area (Å²) in [4.78, 5) is 7.04. The Labute approximate surface area is 160 Å². The molecule has 0 atom stereocenters. The number of hydrogen-bond donors (Lipinski definition) is 0. The molecular weight excluding hydrogens is 336 g/mol. The third-order valence-electron chi connectivity index (χ3n) is 4.96. The third-order valence-corrected chi connectivity index (χ3v) is 4.96. The summed E-state index contributed by atoms with van der Waals surface area (Å²) in [6.07, 6.45) is 8.90. The van der Waals surface area contributed by atoms with Crippen LogP contribution in [0.1, 0.15) is 37.1 Å². The summed E-state index contributed by atoms with van der Waals surface area (Å²) in [7, 11) is 0. The highest BCUT2D eigenvalue weighted by Crippen LogP contribution is 2.22. The van der Waals surface area contributed by atoms with Gasteiger partial charge in [0.2, 0.25) is 5.89 Å². The Balaban J connectivity index is 1.33. The summed E-state index contributed by atoms with van der Waals surface area (Å²) in [5.74, 6) is 1.52. The second kappa shape index (κ2) is 8.87. The number of rotatable bonds is 8. The average Bonchev–Trinajstić information content (AvgIpc) is 3.36. The number of nitrogens with zero attached hydrogens (tertiary/aromatic N) is 2. The molecule has 0 amide bonds. The van der Waals surface area contributed by atoms with Crippen LogP contribution in [-0.4, -0.2) is 36.1 Å². The SMILES string of the molecule is C(=Cc1ccccc1OCCCCN1CCCC1)c1nc2ccccc2o1. The minimum Gasteiger partial charge on any atom is -0.493 e. The molecule has 1 aromatic heterocycles. The summed E-state index contributed by atoms with van der Waals surface area (Å²) in [6.45, 7) is 4.48. The van der Waals surface area contributed by atoms with Crippen molar-refractivity contribution < 1.29 is 9.15 Å². The molecule has 0 spiro atoms. The molecule has 140 valence electrons. The summed E-state index contributed by atoms with van der Waals surface area (Å²) < 4.78 is 11.8. The van der Waals surface area contributed by atoms with Crippen molar-refractivity contribution in [2.24, 2.45) is 0 Å². The zero-order valence-corrected chi connectivity index (χ0v) is 15.6. The lowest BCUT2D eigenvalue weighted by Crippen LogP contribution is -2.20. The molecule has 1 aliphatic heterocycles. The Kier molecular flexibility index (Phi) is 5.85. The number of fused-ring (bicyclic) bond motifs is 1. The van der Waals surface area contributed by atoms with E-state index in [9.17, 15) is 0 Å². The van der Waals surface area contributed by atoms with Crippen LogP contribution >= 0.6 is 0 Å². The van der Waals surface area contributed by atoms with Crippen molar-refractivity contribution in [2.45, 2.75) is 25.7 Å². The Morgan fingerprint density at radius 3 is 2.67 bits per heavy atom. The molecule has 2 aromatic carbocycles. The predicted octanol–water partition coefficient (Wildman–Crippen LogP) is 5.25. The molecule has 27 heavy (non-hydrogen) atoms. The Morgan fingerprint density at radius 2 is 1.78 bits per heavy atom. The van der Waals surface area contributed by atoms with Gasteiger partial charge >= 0.3 is 0 Å². The molecule has 4 rings (SSSR count). The summed E-state index contributed by atoms with van der Waals surface area (Å²) >= 11 is 0. The number of para-hydroxylation sites is 3. The lowest BCUT2D eigenvalue weighted by Gasteiger charge is -2.14. The number of aromatic nitrogens is 1. The lowest BCUT2D eigenvalue weighted by molar-refractivity contribution is 0.279. The van der Waals surface area contributed by atoms with Crippen LogP contribution in [0.15, 0.2) is 52.9 Å². The first-order valence-electron chi connectivity index (χ1n) is 9.86. The van der Waals surface area contributed by atoms with Crippen LogP contribution in [-0.2, 0) is 0 Å². The second-order valence-electron chi connectivity index (χ2n) is 7.00. The first kappa shape index (κ1) is 17.8. The van der Waals surface area contributed by atoms with Crippen LogP contribution < -0.4 is 4.74 Å². The van der Waals surface area contributed by atoms with Crippen LogP contribution in [0.4, 0.5) is 0 Å². The zero-order chi connectivity index (χ0) is 18.3. The molecule has 0 bridgehead atoms. The monoisotopic (exact) mass is 362 g/mol. The average molecular weight is 362 g/mol. The van der Waals surface area contributed by atoms with Crippen molar-refractivity contribution in [1.29, 1.82) is 0 Å². The van der Waals surface area contributed by atoms with Crippen molar-refractivity contribution >= 4 is 23.3 Å². The van der Waals surface area contributed by atoms with E-state index in [0.717, 1.165) is 35.4 Å².